The summed E-state index contributed by atoms with van der Waals surface area (Å²) in [5, 5.41) is 0. The van der Waals surface area contributed by atoms with Crippen LogP contribution in [0.5, 0.6) is 0 Å². The molecule has 0 saturated heterocycles. The van der Waals surface area contributed by atoms with Gasteiger partial charge in [0.2, 0.25) is 0 Å². The average molecular weight is 1240 g/mol. The Morgan fingerprint density at radius 2 is 0.316 bits per heavy atom. The summed E-state index contributed by atoms with van der Waals surface area (Å²) >= 11 is 0. The number of rotatable bonds is 4. The van der Waals surface area contributed by atoms with Crippen LogP contribution in [0.2, 0.25) is 0 Å². The molecule has 0 atom stereocenters. The van der Waals surface area contributed by atoms with Gasteiger partial charge < -0.3 is 0 Å². The summed E-state index contributed by atoms with van der Waals surface area (Å²) in [5.41, 5.74) is 47.8. The van der Waals surface area contributed by atoms with Crippen LogP contribution >= 0.6 is 0 Å². The lowest BCUT2D eigenvalue weighted by Gasteiger charge is -2.31. The summed E-state index contributed by atoms with van der Waals surface area (Å²) in [7, 11) is 0. The van der Waals surface area contributed by atoms with Crippen LogP contribution in [-0.2, 0) is 47.3 Å². The van der Waals surface area contributed by atoms with E-state index in [1.54, 1.807) is 0 Å². The number of hydrogen-bond donors (Lipinski definition) is 0. The largest absolute Gasteiger partial charge is 0.0725 e. The topological polar surface area (TPSA) is 0 Å². The first-order chi connectivity index (χ1) is 48.5. The molecule has 454 valence electrons. The molecule has 0 aliphatic heterocycles. The van der Waals surface area contributed by atoms with Crippen LogP contribution in [0.25, 0.3) is 111 Å². The first kappa shape index (κ1) is 53.5. The molecule has 0 heteroatoms. The molecular weight excluding hydrogens is 1180 g/mol. The second kappa shape index (κ2) is 19.1. The van der Waals surface area contributed by atoms with Gasteiger partial charge in [-0.05, 0) is 262 Å². The van der Waals surface area contributed by atoms with Crippen molar-refractivity contribution in [2.45, 2.75) is 47.3 Å². The summed E-state index contributed by atoms with van der Waals surface area (Å²) < 4.78 is 0. The van der Waals surface area contributed by atoms with Crippen molar-refractivity contribution in [3.8, 4) is 111 Å². The molecule has 0 bridgehead atoms. The van der Waals surface area contributed by atoms with E-state index >= 15 is 0 Å². The smallest absolute Gasteiger partial charge is 0.0620 e. The van der Waals surface area contributed by atoms with Crippen LogP contribution in [0.3, 0.4) is 0 Å². The van der Waals surface area contributed by atoms with Crippen molar-refractivity contribution in [2.24, 2.45) is 0 Å². The Morgan fingerprint density at radius 3 is 0.561 bits per heavy atom. The lowest BCUT2D eigenvalue weighted by molar-refractivity contribution is 0.564. The lowest BCUT2D eigenvalue weighted by atomic mass is 9.70. The molecule has 0 saturated carbocycles. The highest BCUT2D eigenvalue weighted by atomic mass is 14.6. The van der Waals surface area contributed by atoms with E-state index in [4.69, 9.17) is 0 Å². The van der Waals surface area contributed by atoms with Gasteiger partial charge in [-0.2, -0.15) is 0 Å². The maximum atomic E-state index is 2.59. The highest BCUT2D eigenvalue weighted by molar-refractivity contribution is 5.99. The fourth-order valence-corrected chi connectivity index (χ4v) is 21.1. The minimum Gasteiger partial charge on any atom is -0.0620 e. The van der Waals surface area contributed by atoms with E-state index in [-0.39, 0.29) is 10.8 Å². The second-order valence-electron chi connectivity index (χ2n) is 29.3. The van der Waals surface area contributed by atoms with Crippen molar-refractivity contribution in [1.29, 1.82) is 0 Å². The van der Waals surface area contributed by atoms with Gasteiger partial charge in [0.05, 0.1) is 10.8 Å². The van der Waals surface area contributed by atoms with E-state index in [0.29, 0.717) is 0 Å². The number of benzene rings is 15. The third-order valence-corrected chi connectivity index (χ3v) is 25.1. The molecular formula is C98H62. The van der Waals surface area contributed by atoms with Gasteiger partial charge in [0.15, 0.2) is 0 Å². The van der Waals surface area contributed by atoms with E-state index in [0.717, 1.165) is 25.7 Å². The molecule has 0 nitrogen and oxygen atoms in total. The molecule has 8 aliphatic carbocycles. The quantitative estimate of drug-likeness (QED) is 0.165. The Balaban J connectivity index is 0.599. The van der Waals surface area contributed by atoms with Crippen LogP contribution in [0.15, 0.2) is 328 Å². The van der Waals surface area contributed by atoms with Crippen molar-refractivity contribution in [3.05, 3.63) is 417 Å². The van der Waals surface area contributed by atoms with Gasteiger partial charge in [-0.1, -0.05) is 291 Å². The van der Waals surface area contributed by atoms with Gasteiger partial charge in [-0.15, -0.1) is 0 Å². The number of fused-ring (bicyclic) bond motifs is 32. The Hall–Kier alpha value is -11.7. The van der Waals surface area contributed by atoms with E-state index < -0.39 is 10.8 Å². The molecule has 0 amide bonds. The lowest BCUT2D eigenvalue weighted by Crippen LogP contribution is -2.26. The molecule has 4 spiro atoms. The van der Waals surface area contributed by atoms with Gasteiger partial charge in [-0.25, -0.2) is 0 Å². The third kappa shape index (κ3) is 6.66. The van der Waals surface area contributed by atoms with Gasteiger partial charge >= 0.3 is 0 Å². The van der Waals surface area contributed by atoms with Crippen LogP contribution in [0.1, 0.15) is 89.0 Å². The second-order valence-corrected chi connectivity index (χ2v) is 29.3. The molecule has 0 aromatic heterocycles. The van der Waals surface area contributed by atoms with Gasteiger partial charge in [0, 0.05) is 10.8 Å². The summed E-state index contributed by atoms with van der Waals surface area (Å²) in [4.78, 5) is 0. The van der Waals surface area contributed by atoms with Crippen molar-refractivity contribution in [2.75, 3.05) is 0 Å². The molecule has 0 unspecified atom stereocenters. The summed E-state index contributed by atoms with van der Waals surface area (Å²) in [6, 6.07) is 127. The van der Waals surface area contributed by atoms with Crippen molar-refractivity contribution >= 4 is 0 Å². The van der Waals surface area contributed by atoms with Crippen molar-refractivity contribution < 1.29 is 0 Å². The first-order valence-electron chi connectivity index (χ1n) is 35.2. The van der Waals surface area contributed by atoms with Crippen LogP contribution < -0.4 is 0 Å². The average Bonchev–Trinajstić information content (AvgIpc) is 1.52. The van der Waals surface area contributed by atoms with Crippen LogP contribution in [0.4, 0.5) is 0 Å². The molecule has 0 N–H and O–H groups in total. The zero-order valence-electron chi connectivity index (χ0n) is 54.0. The molecule has 15 aromatic rings. The Bertz CT molecular complexity index is 5530. The normalized spacial score (nSPS) is 15.9. The standard InChI is InChI=1S/C98H62/c1-2-18-68-56-95(55-67(68)17-1)89-49-61(37-43-77(89)79-45-39-63(51-91(79)95)65-41-47-81-75-25-9-15-31-87(75)97(93(81)53-65)83-27-11-5-21-71(83)72-22-6-12-28-84(72)97)59-33-35-60(36-34-59)62-38-44-78-80-46-40-64(52-92(80)96(90(78)50-62)57-69-19-3-4-20-70(69)58-96)66-42-48-82-76-26-10-16-32-88(76)98(94(82)54-66)85-29-13-7-23-73(85)74-24-8-14-30-86(74)98/h1-54H,55-58H2. The Labute approximate surface area is 571 Å². The Morgan fingerprint density at radius 1 is 0.143 bits per heavy atom. The minimum atomic E-state index is -0.390. The molecule has 15 aromatic carbocycles. The summed E-state index contributed by atoms with van der Waals surface area (Å²) in [6.45, 7) is 0. The summed E-state index contributed by atoms with van der Waals surface area (Å²) in [6.07, 6.45) is 3.93. The highest BCUT2D eigenvalue weighted by Crippen LogP contribution is 2.66. The van der Waals surface area contributed by atoms with E-state index in [9.17, 15) is 0 Å². The molecule has 0 radical (unpaired) electrons. The molecule has 0 fully saturated rings. The Kier molecular flexibility index (Phi) is 10.4. The van der Waals surface area contributed by atoms with E-state index in [1.165, 1.54) is 200 Å². The van der Waals surface area contributed by atoms with Crippen molar-refractivity contribution in [3.63, 3.8) is 0 Å². The number of hydrogen-bond acceptors (Lipinski definition) is 0. The SMILES string of the molecule is c1ccc2c(c1)CC1(C2)c2cc(-c3ccc(-c4ccc5c(c4)C4(Cc6ccccc6C4)c4cc(-c6ccc7c(c6)C6(c8ccccc8-c8ccccc86)c6ccccc6-7)ccc4-5)cc3)ccc2-c2ccc(-c3ccc4c(c3)C3(c5ccccc5-c5ccccc53)c3ccccc3-4)cc21. The van der Waals surface area contributed by atoms with Gasteiger partial charge in [-0.3, -0.25) is 0 Å². The van der Waals surface area contributed by atoms with Gasteiger partial charge in [0.25, 0.3) is 0 Å². The third-order valence-electron chi connectivity index (χ3n) is 25.1. The van der Waals surface area contributed by atoms with E-state index in [2.05, 4.69) is 328 Å². The summed E-state index contributed by atoms with van der Waals surface area (Å²) in [5.74, 6) is 0. The first-order valence-corrected chi connectivity index (χ1v) is 35.2. The monoisotopic (exact) mass is 1240 g/mol. The van der Waals surface area contributed by atoms with E-state index in [1.807, 2.05) is 0 Å². The molecule has 23 rings (SSSR count). The predicted molar refractivity (Wildman–Crippen MR) is 401 cm³/mol. The van der Waals surface area contributed by atoms with Gasteiger partial charge in [0.1, 0.15) is 0 Å². The minimum absolute atomic E-state index is 0.192. The molecule has 8 aliphatic rings. The zero-order valence-corrected chi connectivity index (χ0v) is 54.0. The fraction of sp³-hybridized carbons (Fsp3) is 0.0816. The maximum absolute atomic E-state index is 2.59. The fourth-order valence-electron chi connectivity index (χ4n) is 21.1. The van der Waals surface area contributed by atoms with Crippen LogP contribution in [-0.4, -0.2) is 0 Å². The maximum Gasteiger partial charge on any atom is 0.0725 e. The van der Waals surface area contributed by atoms with Crippen LogP contribution in [0, 0.1) is 0 Å². The predicted octanol–water partition coefficient (Wildman–Crippen LogP) is 23.2. The molecule has 98 heavy (non-hydrogen) atoms. The highest BCUT2D eigenvalue weighted by Gasteiger charge is 2.55. The van der Waals surface area contributed by atoms with Crippen molar-refractivity contribution in [1.82, 2.24) is 0 Å². The molecule has 0 heterocycles. The zero-order chi connectivity index (χ0) is 63.8.